The molecule has 0 aliphatic heterocycles. The molecule has 0 unspecified atom stereocenters. The average Bonchev–Trinajstić information content (AvgIpc) is 3.22. The Hall–Kier alpha value is -4.02. The van der Waals surface area contributed by atoms with Crippen LogP contribution in [0.15, 0.2) is 97.1 Å². The Balaban J connectivity index is 1.55. The summed E-state index contributed by atoms with van der Waals surface area (Å²) in [4.78, 5) is 17.9. The van der Waals surface area contributed by atoms with Gasteiger partial charge in [0.1, 0.15) is 0 Å². The average molecular weight is 433 g/mol. The van der Waals surface area contributed by atoms with E-state index in [9.17, 15) is 0 Å². The molecule has 0 bridgehead atoms. The Bertz CT molecular complexity index is 1520. The van der Waals surface area contributed by atoms with Gasteiger partial charge in [0.25, 0.3) is 0 Å². The number of rotatable bonds is 3. The number of benzene rings is 4. The van der Waals surface area contributed by atoms with Gasteiger partial charge in [-0.3, -0.25) is 0 Å². The number of halogens is 1. The first-order valence-electron chi connectivity index (χ1n) is 10.3. The van der Waals surface area contributed by atoms with Gasteiger partial charge in [-0.1, -0.05) is 84.4 Å². The molecule has 152 valence electrons. The molecule has 6 aromatic rings. The van der Waals surface area contributed by atoms with E-state index >= 15 is 0 Å². The van der Waals surface area contributed by atoms with E-state index in [4.69, 9.17) is 26.6 Å². The standard InChI is InChI=1S/C27H17ClN4/c28-20-12-14-23-22(16-20)21-13-11-19(15-24(21)29-23)27-31-25(17-7-3-1-4-8-17)30-26(32-27)18-9-5-2-6-10-18/h1-16,29H. The lowest BCUT2D eigenvalue weighted by atomic mass is 10.1. The second-order valence-electron chi connectivity index (χ2n) is 7.61. The normalized spacial score (nSPS) is 11.3. The quantitative estimate of drug-likeness (QED) is 0.322. The van der Waals surface area contributed by atoms with Crippen LogP contribution in [-0.2, 0) is 0 Å². The van der Waals surface area contributed by atoms with Crippen molar-refractivity contribution >= 4 is 33.4 Å². The van der Waals surface area contributed by atoms with Crippen LogP contribution in [0.2, 0.25) is 5.02 Å². The molecule has 32 heavy (non-hydrogen) atoms. The van der Waals surface area contributed by atoms with Gasteiger partial charge in [-0.05, 0) is 24.3 Å². The maximum Gasteiger partial charge on any atom is 0.164 e. The smallest absolute Gasteiger partial charge is 0.164 e. The number of hydrogen-bond acceptors (Lipinski definition) is 3. The summed E-state index contributed by atoms with van der Waals surface area (Å²) >= 11 is 6.21. The number of fused-ring (bicyclic) bond motifs is 3. The van der Waals surface area contributed by atoms with Crippen LogP contribution in [0.3, 0.4) is 0 Å². The highest BCUT2D eigenvalue weighted by Crippen LogP contribution is 2.31. The minimum atomic E-state index is 0.635. The van der Waals surface area contributed by atoms with Crippen molar-refractivity contribution in [2.75, 3.05) is 0 Å². The second kappa shape index (κ2) is 7.59. The molecule has 0 aliphatic rings. The molecule has 6 rings (SSSR count). The monoisotopic (exact) mass is 432 g/mol. The Kier molecular flexibility index (Phi) is 4.44. The van der Waals surface area contributed by atoms with Gasteiger partial charge in [0.15, 0.2) is 17.5 Å². The third-order valence-corrected chi connectivity index (χ3v) is 5.75. The van der Waals surface area contributed by atoms with Crippen molar-refractivity contribution in [2.45, 2.75) is 0 Å². The molecule has 0 aliphatic carbocycles. The van der Waals surface area contributed by atoms with Crippen LogP contribution in [0, 0.1) is 0 Å². The molecule has 4 aromatic carbocycles. The highest BCUT2D eigenvalue weighted by atomic mass is 35.5. The van der Waals surface area contributed by atoms with Gasteiger partial charge in [0.2, 0.25) is 0 Å². The van der Waals surface area contributed by atoms with Gasteiger partial charge in [0.05, 0.1) is 0 Å². The minimum absolute atomic E-state index is 0.635. The fourth-order valence-electron chi connectivity index (χ4n) is 3.95. The molecule has 1 N–H and O–H groups in total. The van der Waals surface area contributed by atoms with Gasteiger partial charge < -0.3 is 4.98 Å². The Morgan fingerprint density at radius 1 is 0.500 bits per heavy atom. The summed E-state index contributed by atoms with van der Waals surface area (Å²) < 4.78 is 0. The van der Waals surface area contributed by atoms with Gasteiger partial charge >= 0.3 is 0 Å². The summed E-state index contributed by atoms with van der Waals surface area (Å²) in [5, 5.41) is 2.94. The lowest BCUT2D eigenvalue weighted by Gasteiger charge is -2.08. The van der Waals surface area contributed by atoms with Crippen LogP contribution in [0.1, 0.15) is 0 Å². The number of H-pyrrole nitrogens is 1. The molecule has 2 aromatic heterocycles. The first-order chi connectivity index (χ1) is 15.7. The van der Waals surface area contributed by atoms with Gasteiger partial charge in [-0.15, -0.1) is 0 Å². The van der Waals surface area contributed by atoms with E-state index < -0.39 is 0 Å². The van der Waals surface area contributed by atoms with Gasteiger partial charge in [0, 0.05) is 43.5 Å². The van der Waals surface area contributed by atoms with E-state index in [1.54, 1.807) is 0 Å². The predicted octanol–water partition coefficient (Wildman–Crippen LogP) is 7.16. The van der Waals surface area contributed by atoms with Crippen molar-refractivity contribution in [3.8, 4) is 34.2 Å². The zero-order valence-electron chi connectivity index (χ0n) is 17.0. The molecule has 0 spiro atoms. The van der Waals surface area contributed by atoms with E-state index in [1.807, 2.05) is 78.9 Å². The van der Waals surface area contributed by atoms with E-state index in [0.717, 1.165) is 43.5 Å². The van der Waals surface area contributed by atoms with Crippen molar-refractivity contribution in [2.24, 2.45) is 0 Å². The zero-order valence-corrected chi connectivity index (χ0v) is 17.7. The van der Waals surface area contributed by atoms with E-state index in [0.29, 0.717) is 17.5 Å². The van der Waals surface area contributed by atoms with Gasteiger partial charge in [-0.25, -0.2) is 15.0 Å². The summed E-state index contributed by atoms with van der Waals surface area (Å²) in [6, 6.07) is 32.1. The third-order valence-electron chi connectivity index (χ3n) is 5.52. The van der Waals surface area contributed by atoms with Crippen molar-refractivity contribution < 1.29 is 0 Å². The summed E-state index contributed by atoms with van der Waals surface area (Å²) in [5.41, 5.74) is 4.89. The van der Waals surface area contributed by atoms with E-state index in [-0.39, 0.29) is 0 Å². The van der Waals surface area contributed by atoms with E-state index in [2.05, 4.69) is 23.2 Å². The van der Waals surface area contributed by atoms with Crippen LogP contribution < -0.4 is 0 Å². The molecular formula is C27H17ClN4. The van der Waals surface area contributed by atoms with Crippen molar-refractivity contribution in [1.29, 1.82) is 0 Å². The molecule has 4 nitrogen and oxygen atoms in total. The summed E-state index contributed by atoms with van der Waals surface area (Å²) in [6.07, 6.45) is 0. The first kappa shape index (κ1) is 18.7. The number of nitrogens with zero attached hydrogens (tertiary/aromatic N) is 3. The second-order valence-corrected chi connectivity index (χ2v) is 8.05. The predicted molar refractivity (Wildman–Crippen MR) is 131 cm³/mol. The van der Waals surface area contributed by atoms with Crippen LogP contribution in [0.5, 0.6) is 0 Å². The number of aromatic nitrogens is 4. The van der Waals surface area contributed by atoms with Crippen LogP contribution in [0.4, 0.5) is 0 Å². The summed E-state index contributed by atoms with van der Waals surface area (Å²) in [7, 11) is 0. The van der Waals surface area contributed by atoms with Crippen molar-refractivity contribution in [1.82, 2.24) is 19.9 Å². The number of aromatic amines is 1. The lowest BCUT2D eigenvalue weighted by Crippen LogP contribution is -2.00. The van der Waals surface area contributed by atoms with Crippen LogP contribution in [0.25, 0.3) is 56.0 Å². The Morgan fingerprint density at radius 2 is 1.09 bits per heavy atom. The highest BCUT2D eigenvalue weighted by Gasteiger charge is 2.13. The molecule has 0 amide bonds. The first-order valence-corrected chi connectivity index (χ1v) is 10.7. The maximum absolute atomic E-state index is 6.21. The number of hydrogen-bond donors (Lipinski definition) is 1. The Labute approximate surface area is 189 Å². The maximum atomic E-state index is 6.21. The van der Waals surface area contributed by atoms with Crippen molar-refractivity contribution in [3.05, 3.63) is 102 Å². The molecule has 0 saturated heterocycles. The molecule has 0 atom stereocenters. The third kappa shape index (κ3) is 3.31. The van der Waals surface area contributed by atoms with Crippen LogP contribution >= 0.6 is 11.6 Å². The van der Waals surface area contributed by atoms with Crippen LogP contribution in [-0.4, -0.2) is 19.9 Å². The lowest BCUT2D eigenvalue weighted by molar-refractivity contribution is 1.07. The fraction of sp³-hybridized carbons (Fsp3) is 0. The molecule has 0 saturated carbocycles. The molecule has 5 heteroatoms. The fourth-order valence-corrected chi connectivity index (χ4v) is 4.12. The minimum Gasteiger partial charge on any atom is -0.354 e. The SMILES string of the molecule is Clc1ccc2[nH]c3cc(-c4nc(-c5ccccc5)nc(-c5ccccc5)n4)ccc3c2c1. The summed E-state index contributed by atoms with van der Waals surface area (Å²) in [5.74, 6) is 1.94. The molecule has 0 radical (unpaired) electrons. The molecule has 2 heterocycles. The van der Waals surface area contributed by atoms with Crippen molar-refractivity contribution in [3.63, 3.8) is 0 Å². The zero-order chi connectivity index (χ0) is 21.5. The Morgan fingerprint density at radius 3 is 1.72 bits per heavy atom. The number of nitrogens with one attached hydrogen (secondary N) is 1. The summed E-state index contributed by atoms with van der Waals surface area (Å²) in [6.45, 7) is 0. The largest absolute Gasteiger partial charge is 0.354 e. The molecule has 0 fully saturated rings. The molecular weight excluding hydrogens is 416 g/mol. The highest BCUT2D eigenvalue weighted by molar-refractivity contribution is 6.31. The van der Waals surface area contributed by atoms with Gasteiger partial charge in [-0.2, -0.15) is 0 Å². The topological polar surface area (TPSA) is 54.5 Å². The van der Waals surface area contributed by atoms with E-state index in [1.165, 1.54) is 0 Å².